The van der Waals surface area contributed by atoms with Gasteiger partial charge in [0, 0.05) is 18.3 Å². The lowest BCUT2D eigenvalue weighted by atomic mass is 10.2. The van der Waals surface area contributed by atoms with Crippen LogP contribution in [0.1, 0.15) is 18.2 Å². The van der Waals surface area contributed by atoms with Crippen molar-refractivity contribution < 1.29 is 4.74 Å². The maximum Gasteiger partial charge on any atom is 0.119 e. The van der Waals surface area contributed by atoms with Gasteiger partial charge in [0.25, 0.3) is 0 Å². The van der Waals surface area contributed by atoms with Crippen LogP contribution < -0.4 is 10.1 Å². The molecule has 0 atom stereocenters. The summed E-state index contributed by atoms with van der Waals surface area (Å²) in [5, 5.41) is 5.36. The smallest absolute Gasteiger partial charge is 0.119 e. The summed E-state index contributed by atoms with van der Waals surface area (Å²) >= 11 is 1.62. The fourth-order valence-electron chi connectivity index (χ4n) is 1.61. The van der Waals surface area contributed by atoms with Gasteiger partial charge in [0.2, 0.25) is 0 Å². The molecule has 0 unspecified atom stereocenters. The number of rotatable bonds is 7. The fraction of sp³-hybridized carbons (Fsp3) is 0.357. The molecule has 2 rings (SSSR count). The summed E-state index contributed by atoms with van der Waals surface area (Å²) in [7, 11) is 0. The molecule has 18 heavy (non-hydrogen) atoms. The lowest BCUT2D eigenvalue weighted by molar-refractivity contribution is 0.320. The van der Waals surface area contributed by atoms with E-state index in [9.17, 15) is 0 Å². The Morgan fingerprint density at radius 2 is 2.11 bits per heavy atom. The molecule has 0 aliphatic heterocycles. The molecule has 96 valence electrons. The third-order valence-electron chi connectivity index (χ3n) is 2.61. The zero-order valence-electron chi connectivity index (χ0n) is 10.6. The molecule has 0 bridgehead atoms. The van der Waals surface area contributed by atoms with Gasteiger partial charge in [0.15, 0.2) is 0 Å². The second-order valence-electron chi connectivity index (χ2n) is 4.00. The largest absolute Gasteiger partial charge is 0.493 e. The van der Waals surface area contributed by atoms with E-state index in [1.807, 2.05) is 17.6 Å². The van der Waals surface area contributed by atoms with Gasteiger partial charge < -0.3 is 10.1 Å². The van der Waals surface area contributed by atoms with E-state index in [1.165, 1.54) is 5.56 Å². The van der Waals surface area contributed by atoms with Crippen LogP contribution in [0.15, 0.2) is 35.2 Å². The van der Waals surface area contributed by atoms with E-state index in [1.54, 1.807) is 11.3 Å². The van der Waals surface area contributed by atoms with Crippen LogP contribution in [0, 0.1) is 0 Å². The van der Waals surface area contributed by atoms with E-state index < -0.39 is 0 Å². The SMILES string of the molecule is CCNCc1ccc(OCCc2cscn2)cc1. The van der Waals surface area contributed by atoms with Crippen LogP contribution in [0.5, 0.6) is 5.75 Å². The number of nitrogens with zero attached hydrogens (tertiary/aromatic N) is 1. The highest BCUT2D eigenvalue weighted by Crippen LogP contribution is 2.12. The van der Waals surface area contributed by atoms with Gasteiger partial charge in [-0.25, -0.2) is 4.98 Å². The molecule has 1 aromatic heterocycles. The summed E-state index contributed by atoms with van der Waals surface area (Å²) in [4.78, 5) is 4.23. The van der Waals surface area contributed by atoms with Crippen molar-refractivity contribution in [3.63, 3.8) is 0 Å². The van der Waals surface area contributed by atoms with Crippen molar-refractivity contribution in [3.05, 3.63) is 46.4 Å². The van der Waals surface area contributed by atoms with E-state index in [-0.39, 0.29) is 0 Å². The molecular weight excluding hydrogens is 244 g/mol. The maximum atomic E-state index is 5.68. The minimum Gasteiger partial charge on any atom is -0.493 e. The van der Waals surface area contributed by atoms with E-state index in [4.69, 9.17) is 4.74 Å². The average Bonchev–Trinajstić information content (AvgIpc) is 2.91. The van der Waals surface area contributed by atoms with Crippen LogP contribution in [-0.4, -0.2) is 18.1 Å². The monoisotopic (exact) mass is 262 g/mol. The number of nitrogens with one attached hydrogen (secondary N) is 1. The van der Waals surface area contributed by atoms with Crippen molar-refractivity contribution in [1.82, 2.24) is 10.3 Å². The number of aromatic nitrogens is 1. The predicted molar refractivity (Wildman–Crippen MR) is 75.1 cm³/mol. The Bertz CT molecular complexity index is 439. The quantitative estimate of drug-likeness (QED) is 0.833. The molecule has 1 heterocycles. The fourth-order valence-corrected chi connectivity index (χ4v) is 2.20. The Labute approximate surface area is 112 Å². The van der Waals surface area contributed by atoms with Crippen molar-refractivity contribution in [2.75, 3.05) is 13.2 Å². The zero-order valence-corrected chi connectivity index (χ0v) is 11.4. The lowest BCUT2D eigenvalue weighted by Gasteiger charge is -2.06. The van der Waals surface area contributed by atoms with Crippen LogP contribution in [-0.2, 0) is 13.0 Å². The molecular formula is C14H18N2OS. The van der Waals surface area contributed by atoms with E-state index >= 15 is 0 Å². The summed E-state index contributed by atoms with van der Waals surface area (Å²) in [6, 6.07) is 8.24. The second-order valence-corrected chi connectivity index (χ2v) is 4.72. The second kappa shape index (κ2) is 7.13. The number of hydrogen-bond acceptors (Lipinski definition) is 4. The van der Waals surface area contributed by atoms with Crippen molar-refractivity contribution in [3.8, 4) is 5.75 Å². The first-order valence-electron chi connectivity index (χ1n) is 6.18. The molecule has 0 aliphatic rings. The van der Waals surface area contributed by atoms with Crippen LogP contribution in [0.3, 0.4) is 0 Å². The van der Waals surface area contributed by atoms with Crippen LogP contribution in [0.25, 0.3) is 0 Å². The molecule has 0 spiro atoms. The molecule has 0 fully saturated rings. The molecule has 3 nitrogen and oxygen atoms in total. The van der Waals surface area contributed by atoms with Gasteiger partial charge in [0.05, 0.1) is 17.8 Å². The molecule has 2 aromatic rings. The van der Waals surface area contributed by atoms with Crippen LogP contribution in [0.4, 0.5) is 0 Å². The highest BCUT2D eigenvalue weighted by Gasteiger charge is 1.98. The number of ether oxygens (including phenoxy) is 1. The first-order valence-corrected chi connectivity index (χ1v) is 7.12. The molecule has 1 aromatic carbocycles. The predicted octanol–water partition coefficient (Wildman–Crippen LogP) is 2.87. The Balaban J connectivity index is 1.75. The Hall–Kier alpha value is -1.39. The Morgan fingerprint density at radius 3 is 2.78 bits per heavy atom. The number of thiazole rings is 1. The van der Waals surface area contributed by atoms with E-state index in [0.717, 1.165) is 31.0 Å². The normalized spacial score (nSPS) is 10.5. The van der Waals surface area contributed by atoms with Crippen molar-refractivity contribution in [2.45, 2.75) is 19.9 Å². The third-order valence-corrected chi connectivity index (χ3v) is 3.25. The van der Waals surface area contributed by atoms with Crippen molar-refractivity contribution in [2.24, 2.45) is 0 Å². The molecule has 0 amide bonds. The summed E-state index contributed by atoms with van der Waals surface area (Å²) < 4.78 is 5.68. The Morgan fingerprint density at radius 1 is 1.28 bits per heavy atom. The van der Waals surface area contributed by atoms with Gasteiger partial charge in [-0.15, -0.1) is 11.3 Å². The summed E-state index contributed by atoms with van der Waals surface area (Å²) in [6.45, 7) is 4.69. The van der Waals surface area contributed by atoms with Crippen molar-refractivity contribution >= 4 is 11.3 Å². The number of hydrogen-bond donors (Lipinski definition) is 1. The number of benzene rings is 1. The highest BCUT2D eigenvalue weighted by atomic mass is 32.1. The highest BCUT2D eigenvalue weighted by molar-refractivity contribution is 7.07. The zero-order chi connectivity index (χ0) is 12.6. The Kier molecular flexibility index (Phi) is 5.17. The molecule has 4 heteroatoms. The van der Waals surface area contributed by atoms with Crippen molar-refractivity contribution in [1.29, 1.82) is 0 Å². The minimum absolute atomic E-state index is 0.677. The standard InChI is InChI=1S/C14H18N2OS/c1-2-15-9-12-3-5-14(6-4-12)17-8-7-13-10-18-11-16-13/h3-6,10-11,15H,2,7-9H2,1H3. The van der Waals surface area contributed by atoms with Gasteiger partial charge >= 0.3 is 0 Å². The van der Waals surface area contributed by atoms with Gasteiger partial charge in [-0.3, -0.25) is 0 Å². The summed E-state index contributed by atoms with van der Waals surface area (Å²) in [5.74, 6) is 0.922. The first kappa shape index (κ1) is 13.1. The third kappa shape index (κ3) is 4.13. The van der Waals surface area contributed by atoms with Crippen LogP contribution in [0.2, 0.25) is 0 Å². The molecule has 1 N–H and O–H groups in total. The molecule has 0 radical (unpaired) electrons. The van der Waals surface area contributed by atoms with E-state index in [0.29, 0.717) is 6.61 Å². The topological polar surface area (TPSA) is 34.1 Å². The molecule has 0 aliphatic carbocycles. The minimum atomic E-state index is 0.677. The van der Waals surface area contributed by atoms with Gasteiger partial charge in [-0.2, -0.15) is 0 Å². The van der Waals surface area contributed by atoms with E-state index in [2.05, 4.69) is 34.7 Å². The average molecular weight is 262 g/mol. The molecule has 0 saturated carbocycles. The molecule has 0 saturated heterocycles. The van der Waals surface area contributed by atoms with Gasteiger partial charge in [-0.05, 0) is 24.2 Å². The first-order chi connectivity index (χ1) is 8.88. The summed E-state index contributed by atoms with van der Waals surface area (Å²) in [5.41, 5.74) is 4.23. The van der Waals surface area contributed by atoms with Gasteiger partial charge in [0.1, 0.15) is 5.75 Å². The maximum absolute atomic E-state index is 5.68. The van der Waals surface area contributed by atoms with Crippen LogP contribution >= 0.6 is 11.3 Å². The lowest BCUT2D eigenvalue weighted by Crippen LogP contribution is -2.11. The summed E-state index contributed by atoms with van der Waals surface area (Å²) in [6.07, 6.45) is 0.864. The van der Waals surface area contributed by atoms with Gasteiger partial charge in [-0.1, -0.05) is 19.1 Å².